The van der Waals surface area contributed by atoms with Crippen molar-refractivity contribution in [1.82, 2.24) is 21.3 Å². The van der Waals surface area contributed by atoms with Crippen molar-refractivity contribution in [2.75, 3.05) is 32.8 Å². The van der Waals surface area contributed by atoms with Crippen molar-refractivity contribution in [1.29, 1.82) is 0 Å². The highest BCUT2D eigenvalue weighted by molar-refractivity contribution is 5.99. The van der Waals surface area contributed by atoms with Gasteiger partial charge in [0.1, 0.15) is 24.1 Å². The number of carbonyl (C=O) groups is 3. The molecule has 35 heavy (non-hydrogen) atoms. The lowest BCUT2D eigenvalue weighted by molar-refractivity contribution is -0.139. The zero-order valence-electron chi connectivity index (χ0n) is 19.6. The van der Waals surface area contributed by atoms with Crippen LogP contribution in [0.5, 0.6) is 11.5 Å². The van der Waals surface area contributed by atoms with Crippen molar-refractivity contribution in [2.24, 2.45) is 4.99 Å². The number of benzene rings is 2. The van der Waals surface area contributed by atoms with Crippen LogP contribution in [0, 0.1) is 13.8 Å². The number of carbonyl (C=O) groups excluding carboxylic acids is 2. The summed E-state index contributed by atoms with van der Waals surface area (Å²) < 4.78 is 5.55. The summed E-state index contributed by atoms with van der Waals surface area (Å²) in [6, 6.07) is 8.01. The average Bonchev–Trinajstić information content (AvgIpc) is 3.34. The normalized spacial score (nSPS) is 13.3. The number of carboxylic acid groups (broad SMARTS) is 1. The Morgan fingerprint density at radius 3 is 2.63 bits per heavy atom. The number of guanidine groups is 1. The quantitative estimate of drug-likeness (QED) is 0.267. The highest BCUT2D eigenvalue weighted by Gasteiger charge is 2.23. The molecule has 0 unspecified atom stereocenters. The van der Waals surface area contributed by atoms with E-state index in [0.717, 1.165) is 24.2 Å². The summed E-state index contributed by atoms with van der Waals surface area (Å²) in [5, 5.41) is 30.7. The molecule has 2 aromatic carbocycles. The number of amides is 2. The van der Waals surface area contributed by atoms with Gasteiger partial charge in [0.05, 0.1) is 18.7 Å². The SMILES string of the molecule is Cc1cccc(C(=O)N[C@@H](CNC(=O)c2ccc(OCCNC3=NCCN3)cc2O)C(=O)O)c1C. The van der Waals surface area contributed by atoms with Crippen molar-refractivity contribution in [3.8, 4) is 11.5 Å². The topological polar surface area (TPSA) is 161 Å². The molecule has 3 rings (SSSR count). The van der Waals surface area contributed by atoms with Gasteiger partial charge in [-0.1, -0.05) is 12.1 Å². The molecule has 11 nitrogen and oxygen atoms in total. The minimum Gasteiger partial charge on any atom is -0.507 e. The maximum absolute atomic E-state index is 12.6. The third-order valence-electron chi connectivity index (χ3n) is 5.47. The van der Waals surface area contributed by atoms with E-state index < -0.39 is 23.8 Å². The molecule has 0 radical (unpaired) electrons. The van der Waals surface area contributed by atoms with Crippen LogP contribution in [0.4, 0.5) is 0 Å². The number of aliphatic imine (C=N–C) groups is 1. The van der Waals surface area contributed by atoms with E-state index in [4.69, 9.17) is 4.74 Å². The molecule has 0 saturated carbocycles. The summed E-state index contributed by atoms with van der Waals surface area (Å²) in [5.41, 5.74) is 1.95. The first-order valence-electron chi connectivity index (χ1n) is 11.1. The fraction of sp³-hybridized carbons (Fsp3) is 0.333. The molecule has 0 fully saturated rings. The molecule has 1 aliphatic rings. The van der Waals surface area contributed by atoms with Crippen molar-refractivity contribution in [2.45, 2.75) is 19.9 Å². The summed E-state index contributed by atoms with van der Waals surface area (Å²) in [6.07, 6.45) is 0. The molecule has 1 heterocycles. The number of ether oxygens (including phenoxy) is 1. The van der Waals surface area contributed by atoms with E-state index in [1.807, 2.05) is 13.0 Å². The Morgan fingerprint density at radius 1 is 1.14 bits per heavy atom. The first kappa shape index (κ1) is 25.3. The van der Waals surface area contributed by atoms with Gasteiger partial charge in [0.2, 0.25) is 0 Å². The molecule has 2 aromatic rings. The molecule has 1 aliphatic heterocycles. The first-order chi connectivity index (χ1) is 16.8. The molecule has 0 bridgehead atoms. The van der Waals surface area contributed by atoms with Gasteiger partial charge in [-0.25, -0.2) is 4.79 Å². The number of nitrogens with one attached hydrogen (secondary N) is 4. The van der Waals surface area contributed by atoms with E-state index >= 15 is 0 Å². The minimum atomic E-state index is -1.36. The maximum atomic E-state index is 12.6. The van der Waals surface area contributed by atoms with Gasteiger partial charge in [-0.05, 0) is 43.2 Å². The molecule has 1 atom stereocenters. The number of rotatable bonds is 10. The number of aryl methyl sites for hydroxylation is 1. The predicted molar refractivity (Wildman–Crippen MR) is 129 cm³/mol. The highest BCUT2D eigenvalue weighted by Crippen LogP contribution is 2.23. The average molecular weight is 484 g/mol. The number of hydrogen-bond acceptors (Lipinski definition) is 8. The van der Waals surface area contributed by atoms with E-state index in [0.29, 0.717) is 30.4 Å². The van der Waals surface area contributed by atoms with Crippen LogP contribution >= 0.6 is 0 Å². The molecule has 6 N–H and O–H groups in total. The van der Waals surface area contributed by atoms with Crippen molar-refractivity contribution < 1.29 is 29.3 Å². The van der Waals surface area contributed by atoms with Gasteiger partial charge in [-0.15, -0.1) is 0 Å². The largest absolute Gasteiger partial charge is 0.507 e. The van der Waals surface area contributed by atoms with Crippen molar-refractivity contribution in [3.05, 3.63) is 58.7 Å². The summed E-state index contributed by atoms with van der Waals surface area (Å²) >= 11 is 0. The number of carboxylic acids is 1. The van der Waals surface area contributed by atoms with Crippen LogP contribution in [0.1, 0.15) is 31.8 Å². The Labute approximate surface area is 202 Å². The zero-order valence-corrected chi connectivity index (χ0v) is 19.6. The molecule has 2 amide bonds. The highest BCUT2D eigenvalue weighted by atomic mass is 16.5. The lowest BCUT2D eigenvalue weighted by Gasteiger charge is -2.17. The Kier molecular flexibility index (Phi) is 8.49. The van der Waals surface area contributed by atoms with Gasteiger partial charge in [0, 0.05) is 24.7 Å². The monoisotopic (exact) mass is 483 g/mol. The second-order valence-corrected chi connectivity index (χ2v) is 7.93. The van der Waals surface area contributed by atoms with Crippen LogP contribution in [0.25, 0.3) is 0 Å². The van der Waals surface area contributed by atoms with Gasteiger partial charge in [0.15, 0.2) is 5.96 Å². The van der Waals surface area contributed by atoms with E-state index in [1.54, 1.807) is 19.1 Å². The summed E-state index contributed by atoms with van der Waals surface area (Å²) in [7, 11) is 0. The molecule has 11 heteroatoms. The molecule has 0 aromatic heterocycles. The number of nitrogens with zero attached hydrogens (tertiary/aromatic N) is 1. The number of phenolic OH excluding ortho intramolecular Hbond substituents is 1. The fourth-order valence-electron chi connectivity index (χ4n) is 3.37. The lowest BCUT2D eigenvalue weighted by atomic mass is 10.0. The van der Waals surface area contributed by atoms with Crippen LogP contribution < -0.4 is 26.0 Å². The fourth-order valence-corrected chi connectivity index (χ4v) is 3.37. The molecular weight excluding hydrogens is 454 g/mol. The summed E-state index contributed by atoms with van der Waals surface area (Å²) in [5.74, 6) is -1.78. The second-order valence-electron chi connectivity index (χ2n) is 7.93. The van der Waals surface area contributed by atoms with Crippen LogP contribution in [0.15, 0.2) is 41.4 Å². The third-order valence-corrected chi connectivity index (χ3v) is 5.47. The Hall–Kier alpha value is -4.28. The van der Waals surface area contributed by atoms with E-state index in [1.165, 1.54) is 18.2 Å². The molecule has 186 valence electrons. The zero-order chi connectivity index (χ0) is 25.4. The van der Waals surface area contributed by atoms with Gasteiger partial charge in [-0.3, -0.25) is 14.6 Å². The number of aliphatic carboxylic acids is 1. The molecule has 0 aliphatic carbocycles. The lowest BCUT2D eigenvalue weighted by Crippen LogP contribution is -2.48. The Balaban J connectivity index is 1.53. The van der Waals surface area contributed by atoms with Gasteiger partial charge < -0.3 is 36.2 Å². The smallest absolute Gasteiger partial charge is 0.328 e. The van der Waals surface area contributed by atoms with Crippen LogP contribution in [0.3, 0.4) is 0 Å². The standard InChI is InChI=1S/C24H29N5O6/c1-14-4-3-5-17(15(14)2)22(32)29-19(23(33)34)13-28-21(31)18-7-6-16(12-20(18)30)35-11-10-27-24-25-8-9-26-24/h3-7,12,19,30H,8-11,13H2,1-2H3,(H,28,31)(H,29,32)(H,33,34)(H2,25,26,27)/t19-/m0/s1. The van der Waals surface area contributed by atoms with E-state index in [9.17, 15) is 24.6 Å². The van der Waals surface area contributed by atoms with Gasteiger partial charge >= 0.3 is 5.97 Å². The first-order valence-corrected chi connectivity index (χ1v) is 11.1. The third kappa shape index (κ3) is 6.85. The van der Waals surface area contributed by atoms with E-state index in [2.05, 4.69) is 26.3 Å². The Morgan fingerprint density at radius 2 is 1.94 bits per heavy atom. The number of hydrogen-bond donors (Lipinski definition) is 6. The second kappa shape index (κ2) is 11.7. The molecule has 0 saturated heterocycles. The predicted octanol–water partition coefficient (Wildman–Crippen LogP) is 0.550. The van der Waals surface area contributed by atoms with Gasteiger partial charge in [-0.2, -0.15) is 0 Å². The van der Waals surface area contributed by atoms with Crippen molar-refractivity contribution in [3.63, 3.8) is 0 Å². The number of phenols is 1. The molecule has 0 spiro atoms. The van der Waals surface area contributed by atoms with Crippen LogP contribution in [0.2, 0.25) is 0 Å². The Bertz CT molecular complexity index is 1130. The molecular formula is C24H29N5O6. The summed E-state index contributed by atoms with van der Waals surface area (Å²) in [4.78, 5) is 40.9. The van der Waals surface area contributed by atoms with Crippen LogP contribution in [-0.2, 0) is 4.79 Å². The van der Waals surface area contributed by atoms with Crippen molar-refractivity contribution >= 4 is 23.7 Å². The van der Waals surface area contributed by atoms with Crippen LogP contribution in [-0.4, -0.2) is 72.8 Å². The summed E-state index contributed by atoms with van der Waals surface area (Å²) in [6.45, 7) is 5.59. The maximum Gasteiger partial charge on any atom is 0.328 e. The van der Waals surface area contributed by atoms with Gasteiger partial charge in [0.25, 0.3) is 11.8 Å². The minimum absolute atomic E-state index is 0.0509. The number of aromatic hydroxyl groups is 1. The van der Waals surface area contributed by atoms with E-state index in [-0.39, 0.29) is 17.9 Å².